The highest BCUT2D eigenvalue weighted by atomic mass is 32.1. The molecule has 2 N–H and O–H groups in total. The Morgan fingerprint density at radius 1 is 1.30 bits per heavy atom. The zero-order chi connectivity index (χ0) is 14.4. The predicted molar refractivity (Wildman–Crippen MR) is 69.4 cm³/mol. The van der Waals surface area contributed by atoms with Crippen molar-refractivity contribution >= 4 is 18.2 Å². The van der Waals surface area contributed by atoms with E-state index in [1.54, 1.807) is 0 Å². The zero-order valence-electron chi connectivity index (χ0n) is 10.2. The van der Waals surface area contributed by atoms with Crippen molar-refractivity contribution in [1.29, 1.82) is 0 Å². The third-order valence-electron chi connectivity index (χ3n) is 3.55. The summed E-state index contributed by atoms with van der Waals surface area (Å²) in [4.78, 5) is 13.9. The maximum atomic E-state index is 13.2. The molecule has 0 spiro atoms. The smallest absolute Gasteiger partial charge is 0.354 e. The standard InChI is InChI=1S/C13H10F2N2O2S/c14-9-3-6-1-8(2-7(6)4-10(9)15)17-11(12(18)19)5-16-13(17)20/h3-5,8H,1-2H2,(H,16,20)(H,18,19). The topological polar surface area (TPSA) is 58.0 Å². The Kier molecular flexibility index (Phi) is 2.93. The molecule has 0 saturated heterocycles. The number of fused-ring (bicyclic) bond motifs is 1. The van der Waals surface area contributed by atoms with Gasteiger partial charge in [0.15, 0.2) is 16.4 Å². The van der Waals surface area contributed by atoms with E-state index in [2.05, 4.69) is 4.98 Å². The largest absolute Gasteiger partial charge is 0.477 e. The van der Waals surface area contributed by atoms with Crippen molar-refractivity contribution in [3.05, 3.63) is 51.6 Å². The molecule has 4 nitrogen and oxygen atoms in total. The number of hydrogen-bond donors (Lipinski definition) is 2. The molecule has 20 heavy (non-hydrogen) atoms. The van der Waals surface area contributed by atoms with Gasteiger partial charge in [0.05, 0.1) is 0 Å². The maximum Gasteiger partial charge on any atom is 0.354 e. The van der Waals surface area contributed by atoms with Crippen molar-refractivity contribution in [1.82, 2.24) is 9.55 Å². The molecule has 0 saturated carbocycles. The average Bonchev–Trinajstić information content (AvgIpc) is 2.93. The van der Waals surface area contributed by atoms with Crippen LogP contribution in [0.1, 0.15) is 27.7 Å². The summed E-state index contributed by atoms with van der Waals surface area (Å²) in [5.74, 6) is -2.87. The summed E-state index contributed by atoms with van der Waals surface area (Å²) in [6.45, 7) is 0. The number of aromatic carboxylic acids is 1. The van der Waals surface area contributed by atoms with Crippen LogP contribution < -0.4 is 0 Å². The minimum absolute atomic E-state index is 0.0498. The summed E-state index contributed by atoms with van der Waals surface area (Å²) >= 11 is 5.09. The van der Waals surface area contributed by atoms with Gasteiger partial charge in [-0.2, -0.15) is 0 Å². The molecule has 1 aliphatic rings. The first kappa shape index (κ1) is 13.0. The molecule has 0 fully saturated rings. The van der Waals surface area contributed by atoms with Gasteiger partial charge in [0, 0.05) is 12.2 Å². The molecule has 7 heteroatoms. The SMILES string of the molecule is O=C(O)c1c[nH]c(=S)n1C1Cc2cc(F)c(F)cc2C1. The van der Waals surface area contributed by atoms with Crippen molar-refractivity contribution in [2.45, 2.75) is 18.9 Å². The lowest BCUT2D eigenvalue weighted by molar-refractivity contribution is 0.0682. The molecular weight excluding hydrogens is 286 g/mol. The Bertz CT molecular complexity index is 735. The molecule has 0 aliphatic heterocycles. The fourth-order valence-corrected chi connectivity index (χ4v) is 2.98. The minimum atomic E-state index is -1.09. The average molecular weight is 296 g/mol. The van der Waals surface area contributed by atoms with Crippen LogP contribution in [0.25, 0.3) is 0 Å². The Morgan fingerprint density at radius 3 is 2.35 bits per heavy atom. The second-order valence-corrected chi connectivity index (χ2v) is 5.14. The first-order chi connectivity index (χ1) is 9.47. The predicted octanol–water partition coefficient (Wildman–Crippen LogP) is 2.86. The first-order valence-electron chi connectivity index (χ1n) is 5.97. The lowest BCUT2D eigenvalue weighted by Crippen LogP contribution is -2.15. The van der Waals surface area contributed by atoms with Crippen LogP contribution in [0.15, 0.2) is 18.3 Å². The van der Waals surface area contributed by atoms with E-state index in [0.717, 1.165) is 0 Å². The van der Waals surface area contributed by atoms with E-state index in [0.29, 0.717) is 28.7 Å². The van der Waals surface area contributed by atoms with Crippen LogP contribution in [-0.4, -0.2) is 20.6 Å². The fourth-order valence-electron chi connectivity index (χ4n) is 2.68. The van der Waals surface area contributed by atoms with Crippen LogP contribution in [0.3, 0.4) is 0 Å². The van der Waals surface area contributed by atoms with Gasteiger partial charge in [-0.1, -0.05) is 0 Å². The molecular formula is C13H10F2N2O2S. The molecule has 0 atom stereocenters. The Hall–Kier alpha value is -2.02. The van der Waals surface area contributed by atoms with Crippen molar-refractivity contribution in [3.8, 4) is 0 Å². The number of aromatic amines is 1. The van der Waals surface area contributed by atoms with Gasteiger partial charge in [-0.05, 0) is 48.3 Å². The Balaban J connectivity index is 2.02. The van der Waals surface area contributed by atoms with Crippen LogP contribution in [0.2, 0.25) is 0 Å². The number of rotatable bonds is 2. The highest BCUT2D eigenvalue weighted by Crippen LogP contribution is 2.32. The summed E-state index contributed by atoms with van der Waals surface area (Å²) < 4.78 is 28.2. The molecule has 1 aromatic carbocycles. The zero-order valence-corrected chi connectivity index (χ0v) is 11.0. The van der Waals surface area contributed by atoms with Gasteiger partial charge in [-0.3, -0.25) is 0 Å². The van der Waals surface area contributed by atoms with Crippen molar-refractivity contribution < 1.29 is 18.7 Å². The molecule has 3 rings (SSSR count). The number of carboxylic acid groups (broad SMARTS) is 1. The molecule has 104 valence electrons. The molecule has 1 aromatic heterocycles. The number of aromatic nitrogens is 2. The lowest BCUT2D eigenvalue weighted by Gasteiger charge is -2.13. The van der Waals surface area contributed by atoms with Crippen LogP contribution in [-0.2, 0) is 12.8 Å². The Labute approximate surface area is 117 Å². The van der Waals surface area contributed by atoms with E-state index >= 15 is 0 Å². The van der Waals surface area contributed by atoms with Crippen molar-refractivity contribution in [2.24, 2.45) is 0 Å². The Morgan fingerprint density at radius 2 is 1.85 bits per heavy atom. The number of halogens is 2. The molecule has 2 aromatic rings. The van der Waals surface area contributed by atoms with Crippen LogP contribution in [0.4, 0.5) is 8.78 Å². The van der Waals surface area contributed by atoms with E-state index in [9.17, 15) is 13.6 Å². The summed E-state index contributed by atoms with van der Waals surface area (Å²) in [6, 6.07) is 2.10. The number of imidazole rings is 1. The van der Waals surface area contributed by atoms with Gasteiger partial charge in [-0.15, -0.1) is 0 Å². The second-order valence-electron chi connectivity index (χ2n) is 4.75. The monoisotopic (exact) mass is 296 g/mol. The third-order valence-corrected chi connectivity index (χ3v) is 3.86. The van der Waals surface area contributed by atoms with Crippen LogP contribution >= 0.6 is 12.2 Å². The number of carboxylic acids is 1. The van der Waals surface area contributed by atoms with Crippen molar-refractivity contribution in [2.75, 3.05) is 0 Å². The van der Waals surface area contributed by atoms with Crippen molar-refractivity contribution in [3.63, 3.8) is 0 Å². The number of H-pyrrole nitrogens is 1. The quantitative estimate of drug-likeness (QED) is 0.838. The molecule has 0 bridgehead atoms. The minimum Gasteiger partial charge on any atom is -0.477 e. The van der Waals surface area contributed by atoms with E-state index in [1.807, 2.05) is 0 Å². The second kappa shape index (κ2) is 4.52. The van der Waals surface area contributed by atoms with E-state index in [1.165, 1.54) is 22.9 Å². The van der Waals surface area contributed by atoms with Gasteiger partial charge in [0.1, 0.15) is 5.69 Å². The van der Waals surface area contributed by atoms with Gasteiger partial charge in [-0.25, -0.2) is 13.6 Å². The highest BCUT2D eigenvalue weighted by Gasteiger charge is 2.28. The number of nitrogens with one attached hydrogen (secondary N) is 1. The van der Waals surface area contributed by atoms with Gasteiger partial charge in [0.25, 0.3) is 0 Å². The van der Waals surface area contributed by atoms with E-state index in [4.69, 9.17) is 17.3 Å². The molecule has 1 heterocycles. The molecule has 1 aliphatic carbocycles. The van der Waals surface area contributed by atoms with Gasteiger partial charge in [0.2, 0.25) is 0 Å². The molecule has 0 unspecified atom stereocenters. The number of hydrogen-bond acceptors (Lipinski definition) is 2. The number of carbonyl (C=O) groups is 1. The summed E-state index contributed by atoms with van der Waals surface area (Å²) in [5, 5.41) is 9.14. The normalized spacial score (nSPS) is 14.5. The van der Waals surface area contributed by atoms with Gasteiger partial charge < -0.3 is 14.7 Å². The lowest BCUT2D eigenvalue weighted by atomic mass is 10.1. The third kappa shape index (κ3) is 1.94. The summed E-state index contributed by atoms with van der Waals surface area (Å²) in [7, 11) is 0. The number of nitrogens with zero attached hydrogens (tertiary/aromatic N) is 1. The summed E-state index contributed by atoms with van der Waals surface area (Å²) in [5.41, 5.74) is 1.43. The molecule has 0 radical (unpaired) electrons. The maximum absolute atomic E-state index is 13.2. The van der Waals surface area contributed by atoms with Crippen LogP contribution in [0.5, 0.6) is 0 Å². The van der Waals surface area contributed by atoms with E-state index in [-0.39, 0.29) is 11.7 Å². The van der Waals surface area contributed by atoms with Crippen LogP contribution in [0, 0.1) is 16.4 Å². The number of benzene rings is 1. The fraction of sp³-hybridized carbons (Fsp3) is 0.231. The highest BCUT2D eigenvalue weighted by molar-refractivity contribution is 7.71. The van der Waals surface area contributed by atoms with Gasteiger partial charge >= 0.3 is 5.97 Å². The molecule has 0 amide bonds. The summed E-state index contributed by atoms with van der Waals surface area (Å²) in [6.07, 6.45) is 2.19. The first-order valence-corrected chi connectivity index (χ1v) is 6.38. The van der Waals surface area contributed by atoms with E-state index < -0.39 is 17.6 Å².